The van der Waals surface area contributed by atoms with Crippen LogP contribution in [0.15, 0.2) is 43.1 Å². The molecular formula is C32H43FN6O6S. The summed E-state index contributed by atoms with van der Waals surface area (Å²) < 4.78 is 41.1. The zero-order valence-corrected chi connectivity index (χ0v) is 27.3. The van der Waals surface area contributed by atoms with Gasteiger partial charge in [-0.25, -0.2) is 17.5 Å². The second kappa shape index (κ2) is 15.0. The molecule has 0 radical (unpaired) electrons. The summed E-state index contributed by atoms with van der Waals surface area (Å²) in [5.74, 6) is -2.61. The summed E-state index contributed by atoms with van der Waals surface area (Å²) in [6, 6.07) is 3.81. The second-order valence-corrected chi connectivity index (χ2v) is 14.5. The fourth-order valence-electron chi connectivity index (χ4n) is 6.28. The molecule has 1 saturated carbocycles. The number of carbonyl (C=O) groups excluding carboxylic acids is 4. The van der Waals surface area contributed by atoms with E-state index in [4.69, 9.17) is 0 Å². The quantitative estimate of drug-likeness (QED) is 0.263. The summed E-state index contributed by atoms with van der Waals surface area (Å²) >= 11 is 0. The van der Waals surface area contributed by atoms with Crippen LogP contribution in [0.4, 0.5) is 15.9 Å². The summed E-state index contributed by atoms with van der Waals surface area (Å²) in [6.07, 6.45) is 6.49. The maximum atomic E-state index is 15.7. The maximum Gasteiger partial charge on any atom is 0.247 e. The third kappa shape index (κ3) is 8.01. The Morgan fingerprint density at radius 1 is 1.15 bits per heavy atom. The summed E-state index contributed by atoms with van der Waals surface area (Å²) in [4.78, 5) is 54.8. The van der Waals surface area contributed by atoms with Gasteiger partial charge in [0, 0.05) is 31.6 Å². The molecule has 2 fully saturated rings. The third-order valence-electron chi connectivity index (χ3n) is 9.13. The predicted octanol–water partition coefficient (Wildman–Crippen LogP) is 2.87. The number of hydrogen-bond acceptors (Lipinski definition) is 7. The van der Waals surface area contributed by atoms with E-state index in [2.05, 4.69) is 29.2 Å². The first-order chi connectivity index (χ1) is 21.9. The minimum absolute atomic E-state index is 0.00833. The molecule has 3 atom stereocenters. The van der Waals surface area contributed by atoms with Gasteiger partial charge in [-0.05, 0) is 55.4 Å². The van der Waals surface area contributed by atoms with Crippen LogP contribution in [0.1, 0.15) is 57.9 Å². The van der Waals surface area contributed by atoms with E-state index in [0.29, 0.717) is 30.3 Å². The first kappa shape index (κ1) is 34.8. The molecule has 14 heteroatoms. The van der Waals surface area contributed by atoms with E-state index in [1.807, 2.05) is 6.92 Å². The van der Waals surface area contributed by atoms with Crippen LogP contribution in [0.3, 0.4) is 0 Å². The molecule has 1 aliphatic heterocycles. The van der Waals surface area contributed by atoms with E-state index < -0.39 is 51.4 Å². The summed E-state index contributed by atoms with van der Waals surface area (Å²) in [7, 11) is -3.24. The van der Waals surface area contributed by atoms with E-state index in [1.165, 1.54) is 21.9 Å². The largest absolute Gasteiger partial charge is 0.340 e. The molecule has 0 unspecified atom stereocenters. The summed E-state index contributed by atoms with van der Waals surface area (Å²) in [6.45, 7) is 9.60. The Kier molecular flexibility index (Phi) is 11.4. The molecule has 2 N–H and O–H groups in total. The highest BCUT2D eigenvalue weighted by atomic mass is 32.2. The van der Waals surface area contributed by atoms with Gasteiger partial charge in [0.25, 0.3) is 0 Å². The van der Waals surface area contributed by atoms with Gasteiger partial charge < -0.3 is 15.5 Å². The van der Waals surface area contributed by atoms with Gasteiger partial charge in [-0.3, -0.25) is 24.1 Å². The fraction of sp³-hybridized carbons (Fsp3) is 0.531. The van der Waals surface area contributed by atoms with Crippen LogP contribution in [0.25, 0.3) is 0 Å². The van der Waals surface area contributed by atoms with Crippen molar-refractivity contribution in [2.45, 2.75) is 71.0 Å². The van der Waals surface area contributed by atoms with Gasteiger partial charge in [0.1, 0.15) is 23.7 Å². The SMILES string of the molecule is C=CC(=O)N[C@@H](C(=O)N1CCS(=O)(=O)CC1)[C@@H](C)c1ccc(NC(=O)[C@H](C2CCC(C)CC2)N(C=O)c2ccnn2CC)c(F)c1. The number of sulfone groups is 1. The first-order valence-electron chi connectivity index (χ1n) is 15.7. The van der Waals surface area contributed by atoms with Crippen LogP contribution in [0.2, 0.25) is 0 Å². The molecule has 12 nitrogen and oxygen atoms in total. The fourth-order valence-corrected chi connectivity index (χ4v) is 7.48. The van der Waals surface area contributed by atoms with Crippen molar-refractivity contribution in [1.29, 1.82) is 0 Å². The number of aromatic nitrogens is 2. The van der Waals surface area contributed by atoms with Crippen LogP contribution in [-0.4, -0.2) is 83.9 Å². The molecular weight excluding hydrogens is 615 g/mol. The number of carbonyl (C=O) groups is 4. The lowest BCUT2D eigenvalue weighted by Crippen LogP contribution is -2.54. The van der Waals surface area contributed by atoms with Crippen LogP contribution < -0.4 is 15.5 Å². The minimum atomic E-state index is -3.24. The standard InChI is InChI=1S/C32H43FN6O6S/c1-5-27(41)36-29(32(43)37-15-17-46(44,45)18-16-37)22(4)24-11-12-26(25(33)19-24)35-31(42)30(23-9-7-21(3)8-10-23)38(20-40)28-13-14-34-39(28)6-2/h5,11-14,19-23,29-30H,1,6-10,15-18H2,2-4H3,(H,35,42)(H,36,41)/t21?,22-,23?,29+,30-/m0/s1. The van der Waals surface area contributed by atoms with Crippen molar-refractivity contribution in [2.24, 2.45) is 11.8 Å². The van der Waals surface area contributed by atoms with Crippen molar-refractivity contribution < 1.29 is 32.0 Å². The Hall–Kier alpha value is -4.07. The third-order valence-corrected chi connectivity index (χ3v) is 10.7. The highest BCUT2D eigenvalue weighted by molar-refractivity contribution is 7.91. The Morgan fingerprint density at radius 3 is 2.41 bits per heavy atom. The number of hydrogen-bond donors (Lipinski definition) is 2. The Balaban J connectivity index is 1.58. The molecule has 2 aromatic rings. The Morgan fingerprint density at radius 2 is 1.83 bits per heavy atom. The average Bonchev–Trinajstić information content (AvgIpc) is 3.51. The van der Waals surface area contributed by atoms with Crippen LogP contribution in [-0.2, 0) is 35.6 Å². The van der Waals surface area contributed by atoms with Gasteiger partial charge in [-0.1, -0.05) is 39.3 Å². The van der Waals surface area contributed by atoms with Gasteiger partial charge in [-0.15, -0.1) is 0 Å². The predicted molar refractivity (Wildman–Crippen MR) is 172 cm³/mol. The number of benzene rings is 1. The average molecular weight is 659 g/mol. The topological polar surface area (TPSA) is 151 Å². The monoisotopic (exact) mass is 658 g/mol. The minimum Gasteiger partial charge on any atom is -0.340 e. The van der Waals surface area contributed by atoms with Gasteiger partial charge in [-0.2, -0.15) is 5.10 Å². The van der Waals surface area contributed by atoms with Crippen molar-refractivity contribution >= 4 is 45.5 Å². The molecule has 1 aromatic heterocycles. The van der Waals surface area contributed by atoms with Crippen LogP contribution in [0, 0.1) is 17.7 Å². The summed E-state index contributed by atoms with van der Waals surface area (Å²) in [5, 5.41) is 9.55. The molecule has 0 bridgehead atoms. The maximum absolute atomic E-state index is 15.7. The number of amides is 4. The smallest absolute Gasteiger partial charge is 0.247 e. The van der Waals surface area contributed by atoms with Crippen LogP contribution >= 0.6 is 0 Å². The lowest BCUT2D eigenvalue weighted by molar-refractivity contribution is -0.135. The van der Waals surface area contributed by atoms with Crippen molar-refractivity contribution in [3.8, 4) is 0 Å². The zero-order chi connectivity index (χ0) is 33.6. The molecule has 2 heterocycles. The highest BCUT2D eigenvalue weighted by Crippen LogP contribution is 2.35. The number of anilines is 2. The van der Waals surface area contributed by atoms with Crippen LogP contribution in [0.5, 0.6) is 0 Å². The molecule has 46 heavy (non-hydrogen) atoms. The van der Waals surface area contributed by atoms with E-state index in [1.54, 1.807) is 29.9 Å². The van der Waals surface area contributed by atoms with E-state index in [9.17, 15) is 27.6 Å². The van der Waals surface area contributed by atoms with Crippen molar-refractivity contribution in [3.63, 3.8) is 0 Å². The number of nitrogens with one attached hydrogen (secondary N) is 2. The second-order valence-electron chi connectivity index (χ2n) is 12.2. The number of rotatable bonds is 12. The van der Waals surface area contributed by atoms with Gasteiger partial charge in [0.2, 0.25) is 24.1 Å². The van der Waals surface area contributed by atoms with Crippen molar-refractivity contribution in [2.75, 3.05) is 34.8 Å². The van der Waals surface area contributed by atoms with Gasteiger partial charge in [0.15, 0.2) is 9.84 Å². The van der Waals surface area contributed by atoms with E-state index in [0.717, 1.165) is 31.8 Å². The molecule has 4 rings (SSSR count). The first-order valence-corrected chi connectivity index (χ1v) is 17.5. The Labute approximate surface area is 269 Å². The lowest BCUT2D eigenvalue weighted by atomic mass is 9.78. The summed E-state index contributed by atoms with van der Waals surface area (Å²) in [5.41, 5.74) is 0.284. The van der Waals surface area contributed by atoms with Crippen molar-refractivity contribution in [3.05, 3.63) is 54.5 Å². The van der Waals surface area contributed by atoms with Gasteiger partial charge in [0.05, 0.1) is 23.4 Å². The zero-order valence-electron chi connectivity index (χ0n) is 26.5. The molecule has 2 aliphatic rings. The molecule has 0 spiro atoms. The van der Waals surface area contributed by atoms with Gasteiger partial charge >= 0.3 is 0 Å². The Bertz CT molecular complexity index is 1540. The number of aryl methyl sites for hydroxylation is 1. The lowest BCUT2D eigenvalue weighted by Gasteiger charge is -2.37. The van der Waals surface area contributed by atoms with E-state index >= 15 is 4.39 Å². The molecule has 1 aromatic carbocycles. The molecule has 4 amide bonds. The normalized spacial score (nSPS) is 21.3. The molecule has 1 aliphatic carbocycles. The molecule has 1 saturated heterocycles. The van der Waals surface area contributed by atoms with E-state index in [-0.39, 0.29) is 36.2 Å². The number of halogens is 1. The number of nitrogens with zero attached hydrogens (tertiary/aromatic N) is 4. The highest BCUT2D eigenvalue weighted by Gasteiger charge is 2.38. The molecule has 250 valence electrons. The van der Waals surface area contributed by atoms with Crippen molar-refractivity contribution in [1.82, 2.24) is 20.0 Å².